The predicted molar refractivity (Wildman–Crippen MR) is 84.8 cm³/mol. The van der Waals surface area contributed by atoms with Crippen molar-refractivity contribution in [2.75, 3.05) is 18.0 Å². The van der Waals surface area contributed by atoms with Gasteiger partial charge >= 0.3 is 0 Å². The van der Waals surface area contributed by atoms with Crippen LogP contribution in [-0.2, 0) is 12.8 Å². The second-order valence-corrected chi connectivity index (χ2v) is 5.93. The molecule has 0 unspecified atom stereocenters. The molecule has 0 saturated carbocycles. The Hall–Kier alpha value is -2.43. The summed E-state index contributed by atoms with van der Waals surface area (Å²) in [7, 11) is 0. The topological polar surface area (TPSA) is 72.1 Å². The van der Waals surface area contributed by atoms with Crippen molar-refractivity contribution in [3.8, 4) is 11.3 Å². The van der Waals surface area contributed by atoms with Crippen LogP contribution in [0.4, 0.5) is 5.95 Å². The van der Waals surface area contributed by atoms with Gasteiger partial charge in [0.2, 0.25) is 11.9 Å². The monoisotopic (exact) mass is 294 g/mol. The molecule has 2 N–H and O–H groups in total. The Labute approximate surface area is 129 Å². The predicted octanol–water partition coefficient (Wildman–Crippen LogP) is 1.94. The number of amides is 1. The fraction of sp³-hybridized carbons (Fsp3) is 0.353. The number of anilines is 1. The molecule has 4 rings (SSSR count). The molecule has 22 heavy (non-hydrogen) atoms. The number of carbonyl (C=O) groups is 1. The molecule has 1 fully saturated rings. The fourth-order valence-electron chi connectivity index (χ4n) is 3.11. The molecule has 1 amide bonds. The van der Waals surface area contributed by atoms with Crippen LogP contribution in [-0.4, -0.2) is 29.0 Å². The van der Waals surface area contributed by atoms with Crippen LogP contribution in [0.25, 0.3) is 11.3 Å². The van der Waals surface area contributed by atoms with Crippen molar-refractivity contribution in [3.63, 3.8) is 0 Å². The van der Waals surface area contributed by atoms with Gasteiger partial charge in [0.15, 0.2) is 0 Å². The molecule has 5 nitrogen and oxygen atoms in total. The molecule has 112 valence electrons. The highest BCUT2D eigenvalue weighted by Crippen LogP contribution is 2.32. The van der Waals surface area contributed by atoms with E-state index in [4.69, 9.17) is 15.7 Å². The molecule has 5 heteroatoms. The molecule has 2 aliphatic rings. The molecule has 1 aliphatic heterocycles. The Kier molecular flexibility index (Phi) is 3.06. The minimum Gasteiger partial charge on any atom is -0.366 e. The minimum absolute atomic E-state index is 0.402. The van der Waals surface area contributed by atoms with Crippen molar-refractivity contribution in [2.45, 2.75) is 25.7 Å². The van der Waals surface area contributed by atoms with Crippen molar-refractivity contribution in [1.82, 2.24) is 9.97 Å². The molecule has 1 aromatic heterocycles. The lowest BCUT2D eigenvalue weighted by molar-refractivity contribution is 0.100. The van der Waals surface area contributed by atoms with E-state index in [2.05, 4.69) is 4.90 Å². The van der Waals surface area contributed by atoms with Gasteiger partial charge in [0.25, 0.3) is 0 Å². The number of nitrogens with zero attached hydrogens (tertiary/aromatic N) is 3. The number of primary amides is 1. The van der Waals surface area contributed by atoms with Crippen molar-refractivity contribution in [3.05, 3.63) is 41.1 Å². The van der Waals surface area contributed by atoms with Crippen LogP contribution in [0.15, 0.2) is 24.3 Å². The molecule has 1 saturated heterocycles. The number of hydrogen-bond acceptors (Lipinski definition) is 4. The van der Waals surface area contributed by atoms with Crippen molar-refractivity contribution in [2.24, 2.45) is 5.73 Å². The third-order valence-electron chi connectivity index (χ3n) is 4.50. The van der Waals surface area contributed by atoms with Crippen LogP contribution < -0.4 is 10.6 Å². The molecule has 2 aromatic rings. The van der Waals surface area contributed by atoms with Gasteiger partial charge in [0.1, 0.15) is 0 Å². The van der Waals surface area contributed by atoms with Gasteiger partial charge in [-0.15, -0.1) is 0 Å². The summed E-state index contributed by atoms with van der Waals surface area (Å²) in [6, 6.07) is 7.40. The number of fused-ring (bicyclic) bond motifs is 1. The van der Waals surface area contributed by atoms with Crippen LogP contribution in [0.5, 0.6) is 0 Å². The van der Waals surface area contributed by atoms with E-state index in [0.717, 1.165) is 49.6 Å². The van der Waals surface area contributed by atoms with Gasteiger partial charge in [-0.3, -0.25) is 4.79 Å². The third kappa shape index (κ3) is 2.13. The fourth-order valence-corrected chi connectivity index (χ4v) is 3.11. The van der Waals surface area contributed by atoms with E-state index in [9.17, 15) is 4.79 Å². The van der Waals surface area contributed by atoms with Gasteiger partial charge in [-0.1, -0.05) is 12.1 Å². The van der Waals surface area contributed by atoms with Crippen LogP contribution >= 0.6 is 0 Å². The number of benzene rings is 1. The lowest BCUT2D eigenvalue weighted by Crippen LogP contribution is -2.38. The van der Waals surface area contributed by atoms with Crippen molar-refractivity contribution >= 4 is 11.9 Å². The Bertz CT molecular complexity index is 735. The maximum absolute atomic E-state index is 11.2. The van der Waals surface area contributed by atoms with E-state index < -0.39 is 5.91 Å². The number of aryl methyl sites for hydroxylation is 1. The average Bonchev–Trinajstić information content (AvgIpc) is 2.93. The SMILES string of the molecule is NC(=O)c1ccc(-c2nc(N3CCC3)nc3c2CCC3)cc1. The Balaban J connectivity index is 1.79. The van der Waals surface area contributed by atoms with Gasteiger partial charge in [-0.2, -0.15) is 0 Å². The third-order valence-corrected chi connectivity index (χ3v) is 4.50. The zero-order valence-electron chi connectivity index (χ0n) is 12.4. The lowest BCUT2D eigenvalue weighted by atomic mass is 10.0. The number of hydrogen-bond donors (Lipinski definition) is 1. The highest BCUT2D eigenvalue weighted by molar-refractivity contribution is 5.93. The zero-order chi connectivity index (χ0) is 15.1. The van der Waals surface area contributed by atoms with E-state index in [1.54, 1.807) is 12.1 Å². The standard InChI is InChI=1S/C17H18N4O/c18-16(22)12-7-5-11(6-8-12)15-13-3-1-4-14(13)19-17(20-15)21-9-2-10-21/h5-8H,1-4,9-10H2,(H2,18,22). The highest BCUT2D eigenvalue weighted by Gasteiger charge is 2.24. The molecular weight excluding hydrogens is 276 g/mol. The first kappa shape index (κ1) is 13.2. The summed E-state index contributed by atoms with van der Waals surface area (Å²) in [5.41, 5.74) is 10.3. The molecular formula is C17H18N4O. The average molecular weight is 294 g/mol. The number of rotatable bonds is 3. The summed E-state index contributed by atoms with van der Waals surface area (Å²) in [6.45, 7) is 2.08. The van der Waals surface area contributed by atoms with E-state index in [0.29, 0.717) is 5.56 Å². The Morgan fingerprint density at radius 2 is 1.82 bits per heavy atom. The van der Waals surface area contributed by atoms with Crippen molar-refractivity contribution < 1.29 is 4.79 Å². The molecule has 0 spiro atoms. The van der Waals surface area contributed by atoms with E-state index in [-0.39, 0.29) is 0 Å². The summed E-state index contributed by atoms with van der Waals surface area (Å²) in [6.07, 6.45) is 4.41. The summed E-state index contributed by atoms with van der Waals surface area (Å²) >= 11 is 0. The summed E-state index contributed by atoms with van der Waals surface area (Å²) in [5, 5.41) is 0. The van der Waals surface area contributed by atoms with Gasteiger partial charge < -0.3 is 10.6 Å². The zero-order valence-corrected chi connectivity index (χ0v) is 12.4. The van der Waals surface area contributed by atoms with Crippen molar-refractivity contribution in [1.29, 1.82) is 0 Å². The molecule has 0 radical (unpaired) electrons. The Morgan fingerprint density at radius 1 is 1.05 bits per heavy atom. The minimum atomic E-state index is -0.402. The first-order chi connectivity index (χ1) is 10.7. The first-order valence-electron chi connectivity index (χ1n) is 7.77. The lowest BCUT2D eigenvalue weighted by Gasteiger charge is -2.31. The van der Waals surface area contributed by atoms with Crippen LogP contribution in [0, 0.1) is 0 Å². The molecule has 2 heterocycles. The Morgan fingerprint density at radius 3 is 2.45 bits per heavy atom. The second-order valence-electron chi connectivity index (χ2n) is 5.93. The number of carbonyl (C=O) groups excluding carboxylic acids is 1. The molecule has 1 aromatic carbocycles. The van der Waals surface area contributed by atoms with E-state index >= 15 is 0 Å². The van der Waals surface area contributed by atoms with Crippen LogP contribution in [0.1, 0.15) is 34.5 Å². The maximum Gasteiger partial charge on any atom is 0.248 e. The van der Waals surface area contributed by atoms with Gasteiger partial charge in [0, 0.05) is 35.5 Å². The van der Waals surface area contributed by atoms with Crippen LogP contribution in [0.2, 0.25) is 0 Å². The highest BCUT2D eigenvalue weighted by atomic mass is 16.1. The smallest absolute Gasteiger partial charge is 0.248 e. The molecule has 0 atom stereocenters. The molecule has 1 aliphatic carbocycles. The normalized spacial score (nSPS) is 16.3. The quantitative estimate of drug-likeness (QED) is 0.939. The number of aromatic nitrogens is 2. The maximum atomic E-state index is 11.2. The van der Waals surface area contributed by atoms with E-state index in [1.807, 2.05) is 12.1 Å². The van der Waals surface area contributed by atoms with E-state index in [1.165, 1.54) is 17.7 Å². The number of nitrogens with two attached hydrogens (primary N) is 1. The van der Waals surface area contributed by atoms with Crippen LogP contribution in [0.3, 0.4) is 0 Å². The van der Waals surface area contributed by atoms with Gasteiger partial charge in [-0.25, -0.2) is 9.97 Å². The summed E-state index contributed by atoms with van der Waals surface area (Å²) < 4.78 is 0. The summed E-state index contributed by atoms with van der Waals surface area (Å²) in [4.78, 5) is 23.0. The van der Waals surface area contributed by atoms with Gasteiger partial charge in [-0.05, 0) is 37.8 Å². The largest absolute Gasteiger partial charge is 0.366 e. The summed E-state index contributed by atoms with van der Waals surface area (Å²) in [5.74, 6) is 0.446. The van der Waals surface area contributed by atoms with Gasteiger partial charge in [0.05, 0.1) is 5.69 Å². The molecule has 0 bridgehead atoms. The first-order valence-corrected chi connectivity index (χ1v) is 7.77. The second kappa shape index (κ2) is 5.09.